The minimum absolute atomic E-state index is 0.191. The number of carbonyl (C=O) groups is 1. The fourth-order valence-electron chi connectivity index (χ4n) is 4.78. The maximum atomic E-state index is 11.8. The molecular weight excluding hydrogens is 512 g/mol. The average Bonchev–Trinajstić information content (AvgIpc) is 2.97. The lowest BCUT2D eigenvalue weighted by atomic mass is 9.79. The van der Waals surface area contributed by atoms with Gasteiger partial charge >= 0.3 is 5.97 Å². The topological polar surface area (TPSA) is 80.7 Å². The first kappa shape index (κ1) is 31.9. The van der Waals surface area contributed by atoms with Crippen molar-refractivity contribution in [1.82, 2.24) is 4.98 Å². The molecule has 0 saturated heterocycles. The van der Waals surface area contributed by atoms with Gasteiger partial charge < -0.3 is 19.9 Å². The number of nitrogens with one attached hydrogen (secondary N) is 1. The fraction of sp³-hybridized carbons (Fsp3) is 0.429. The number of nitrogens with zero attached hydrogens (tertiary/aromatic N) is 1. The maximum absolute atomic E-state index is 11.8. The van der Waals surface area contributed by atoms with E-state index in [0.29, 0.717) is 39.0 Å². The zero-order valence-corrected chi connectivity index (χ0v) is 25.1. The highest BCUT2D eigenvalue weighted by Crippen LogP contribution is 2.31. The number of pyridine rings is 1. The van der Waals surface area contributed by atoms with Crippen molar-refractivity contribution in [2.45, 2.75) is 78.9 Å². The first-order valence-corrected chi connectivity index (χ1v) is 14.9. The number of aromatic nitrogens is 1. The number of hydrogen-bond donors (Lipinski definition) is 2. The van der Waals surface area contributed by atoms with Crippen LogP contribution in [0.4, 0.5) is 5.69 Å². The first-order valence-electron chi connectivity index (χ1n) is 14.9. The lowest BCUT2D eigenvalue weighted by Crippen LogP contribution is -2.31. The van der Waals surface area contributed by atoms with Crippen molar-refractivity contribution < 1.29 is 19.4 Å². The van der Waals surface area contributed by atoms with Crippen LogP contribution in [0.15, 0.2) is 66.7 Å². The maximum Gasteiger partial charge on any atom is 0.309 e. The molecule has 220 valence electrons. The molecule has 2 aromatic carbocycles. The van der Waals surface area contributed by atoms with Gasteiger partial charge in [0, 0.05) is 18.8 Å². The minimum atomic E-state index is -0.712. The zero-order valence-electron chi connectivity index (χ0n) is 25.1. The highest BCUT2D eigenvalue weighted by Gasteiger charge is 2.34. The second kappa shape index (κ2) is 16.6. The van der Waals surface area contributed by atoms with E-state index in [-0.39, 0.29) is 6.10 Å². The number of unbranched alkanes of at least 4 members (excludes halogenated alkanes) is 1. The van der Waals surface area contributed by atoms with E-state index in [4.69, 9.17) is 14.5 Å². The van der Waals surface area contributed by atoms with E-state index < -0.39 is 11.4 Å². The molecule has 0 aliphatic carbocycles. The van der Waals surface area contributed by atoms with E-state index >= 15 is 0 Å². The predicted octanol–water partition coefficient (Wildman–Crippen LogP) is 8.27. The monoisotopic (exact) mass is 558 g/mol. The molecule has 3 aromatic rings. The van der Waals surface area contributed by atoms with Gasteiger partial charge in [-0.2, -0.15) is 0 Å². The van der Waals surface area contributed by atoms with Gasteiger partial charge in [0.05, 0.1) is 29.5 Å². The summed E-state index contributed by atoms with van der Waals surface area (Å²) in [6, 6.07) is 22.5. The number of anilines is 1. The summed E-state index contributed by atoms with van der Waals surface area (Å²) in [4.78, 5) is 16.5. The molecule has 3 rings (SSSR count). The van der Waals surface area contributed by atoms with Gasteiger partial charge in [0.25, 0.3) is 0 Å². The largest absolute Gasteiger partial charge is 0.491 e. The van der Waals surface area contributed by atoms with Crippen molar-refractivity contribution in [1.29, 1.82) is 0 Å². The molecule has 0 aliphatic heterocycles. The van der Waals surface area contributed by atoms with Crippen LogP contribution in [-0.4, -0.2) is 35.3 Å². The summed E-state index contributed by atoms with van der Waals surface area (Å²) in [6.07, 6.45) is 9.19. The number of aryl methyl sites for hydroxylation is 1. The number of carboxylic acid groups (broad SMARTS) is 1. The summed E-state index contributed by atoms with van der Waals surface area (Å²) in [5.74, 6) is 0.207. The third-order valence-electron chi connectivity index (χ3n) is 7.45. The lowest BCUT2D eigenvalue weighted by Gasteiger charge is -2.26. The van der Waals surface area contributed by atoms with Gasteiger partial charge in [-0.3, -0.25) is 9.78 Å². The fourth-order valence-corrected chi connectivity index (χ4v) is 4.78. The summed E-state index contributed by atoms with van der Waals surface area (Å²) in [6.45, 7) is 9.79. The van der Waals surface area contributed by atoms with Crippen LogP contribution >= 0.6 is 0 Å². The number of aliphatic carboxylic acids is 1. The molecule has 1 heterocycles. The third kappa shape index (κ3) is 10.7. The van der Waals surface area contributed by atoms with Gasteiger partial charge in [-0.05, 0) is 106 Å². The molecule has 0 unspecified atom stereocenters. The molecule has 0 aliphatic rings. The molecule has 6 nitrogen and oxygen atoms in total. The van der Waals surface area contributed by atoms with Gasteiger partial charge in [-0.1, -0.05) is 50.3 Å². The Bertz CT molecular complexity index is 1230. The number of ether oxygens (including phenoxy) is 2. The van der Waals surface area contributed by atoms with Gasteiger partial charge in [0.15, 0.2) is 0 Å². The summed E-state index contributed by atoms with van der Waals surface area (Å²) >= 11 is 0. The standard InChI is InChI=1S/C35H46N2O4/c1-5-35(6-2,34(38)39)22-23-36-31-14-9-12-29(25-31)16-19-30-13-10-15-32(37-30)26-40-24-8-7-11-28-17-20-33(21-18-28)41-27(3)4/h9-10,12-21,25,27,36H,5-8,11,22-24,26H2,1-4H3,(H,38,39). The van der Waals surface area contributed by atoms with Crippen molar-refractivity contribution >= 4 is 23.8 Å². The molecule has 0 bridgehead atoms. The Labute approximate surface area is 245 Å². The van der Waals surface area contributed by atoms with Crippen LogP contribution in [-0.2, 0) is 22.6 Å². The van der Waals surface area contributed by atoms with Gasteiger partial charge in [-0.15, -0.1) is 0 Å². The number of rotatable bonds is 18. The number of carboxylic acids is 1. The lowest BCUT2D eigenvalue weighted by molar-refractivity contribution is -0.149. The average molecular weight is 559 g/mol. The Morgan fingerprint density at radius 2 is 1.76 bits per heavy atom. The molecule has 0 radical (unpaired) electrons. The minimum Gasteiger partial charge on any atom is -0.491 e. The Kier molecular flexibility index (Phi) is 12.9. The van der Waals surface area contributed by atoms with E-state index in [1.165, 1.54) is 5.56 Å². The Morgan fingerprint density at radius 1 is 1.00 bits per heavy atom. The van der Waals surface area contributed by atoms with E-state index in [1.807, 2.05) is 88.4 Å². The Morgan fingerprint density at radius 3 is 2.46 bits per heavy atom. The summed E-state index contributed by atoms with van der Waals surface area (Å²) in [5, 5.41) is 13.0. The van der Waals surface area contributed by atoms with Crippen molar-refractivity contribution in [3.05, 3.63) is 89.2 Å². The first-order chi connectivity index (χ1) is 19.8. The SMILES string of the molecule is CCC(CC)(CCNc1cccc(C=Cc2cccc(COCCCCc3ccc(OC(C)C)cc3)n2)c1)C(=O)O. The van der Waals surface area contributed by atoms with Crippen LogP contribution < -0.4 is 10.1 Å². The molecular formula is C35H46N2O4. The van der Waals surface area contributed by atoms with Crippen molar-refractivity contribution in [3.8, 4) is 5.75 Å². The summed E-state index contributed by atoms with van der Waals surface area (Å²) < 4.78 is 11.6. The highest BCUT2D eigenvalue weighted by molar-refractivity contribution is 5.74. The zero-order chi connectivity index (χ0) is 29.5. The van der Waals surface area contributed by atoms with Crippen LogP contribution in [0.25, 0.3) is 12.2 Å². The van der Waals surface area contributed by atoms with Crippen LogP contribution in [0.2, 0.25) is 0 Å². The normalized spacial score (nSPS) is 11.7. The van der Waals surface area contributed by atoms with Crippen LogP contribution in [0.3, 0.4) is 0 Å². The van der Waals surface area contributed by atoms with Gasteiger partial charge in [-0.25, -0.2) is 0 Å². The third-order valence-corrected chi connectivity index (χ3v) is 7.45. The molecule has 0 spiro atoms. The summed E-state index contributed by atoms with van der Waals surface area (Å²) in [7, 11) is 0. The van der Waals surface area contributed by atoms with Crippen molar-refractivity contribution in [2.75, 3.05) is 18.5 Å². The molecule has 2 N–H and O–H groups in total. The molecule has 6 heteroatoms. The smallest absolute Gasteiger partial charge is 0.309 e. The number of benzene rings is 2. The summed E-state index contributed by atoms with van der Waals surface area (Å²) in [5.41, 5.74) is 4.48. The van der Waals surface area contributed by atoms with E-state index in [9.17, 15) is 9.90 Å². The van der Waals surface area contributed by atoms with Crippen molar-refractivity contribution in [3.63, 3.8) is 0 Å². The highest BCUT2D eigenvalue weighted by atomic mass is 16.5. The molecule has 0 fully saturated rings. The number of hydrogen-bond acceptors (Lipinski definition) is 5. The Balaban J connectivity index is 1.41. The molecule has 41 heavy (non-hydrogen) atoms. The van der Waals surface area contributed by atoms with E-state index in [2.05, 4.69) is 23.5 Å². The van der Waals surface area contributed by atoms with Crippen LogP contribution in [0.5, 0.6) is 5.75 Å². The second-order valence-electron chi connectivity index (χ2n) is 10.8. The second-order valence-corrected chi connectivity index (χ2v) is 10.8. The van der Waals surface area contributed by atoms with Crippen LogP contribution in [0.1, 0.15) is 82.3 Å². The molecule has 0 atom stereocenters. The predicted molar refractivity (Wildman–Crippen MR) is 168 cm³/mol. The Hall–Kier alpha value is -3.64. The van der Waals surface area contributed by atoms with Gasteiger partial charge in [0.2, 0.25) is 0 Å². The molecule has 1 aromatic heterocycles. The van der Waals surface area contributed by atoms with E-state index in [1.54, 1.807) is 0 Å². The quantitative estimate of drug-likeness (QED) is 0.153. The van der Waals surface area contributed by atoms with Crippen LogP contribution in [0, 0.1) is 5.41 Å². The van der Waals surface area contributed by atoms with Gasteiger partial charge in [0.1, 0.15) is 5.75 Å². The van der Waals surface area contributed by atoms with E-state index in [0.717, 1.165) is 47.7 Å². The van der Waals surface area contributed by atoms with Crippen molar-refractivity contribution in [2.24, 2.45) is 5.41 Å². The molecule has 0 amide bonds. The molecule has 0 saturated carbocycles.